The van der Waals surface area contributed by atoms with Crippen LogP contribution in [0.5, 0.6) is 0 Å². The van der Waals surface area contributed by atoms with Crippen molar-refractivity contribution in [3.63, 3.8) is 0 Å². The number of rotatable bonds is 4. The topological polar surface area (TPSA) is 47.3 Å². The lowest BCUT2D eigenvalue weighted by Crippen LogP contribution is -2.42. The van der Waals surface area contributed by atoms with Gasteiger partial charge in [-0.1, -0.05) is 0 Å². The van der Waals surface area contributed by atoms with Crippen LogP contribution in [0.3, 0.4) is 0 Å². The number of likely N-dealkylation sites (tertiary alicyclic amines) is 1. The Morgan fingerprint density at radius 1 is 1.36 bits per heavy atom. The first-order valence-corrected chi connectivity index (χ1v) is 5.46. The highest BCUT2D eigenvalue weighted by atomic mass is 16.3. The summed E-state index contributed by atoms with van der Waals surface area (Å²) in [6.45, 7) is 5.00. The molecule has 1 saturated heterocycles. The van der Waals surface area contributed by atoms with Gasteiger partial charge in [0.25, 0.3) is 0 Å². The minimum absolute atomic E-state index is 0.441. The van der Waals surface area contributed by atoms with E-state index in [0.717, 1.165) is 45.3 Å². The third-order valence-corrected chi connectivity index (χ3v) is 2.95. The maximum absolute atomic E-state index is 9.73. The monoisotopic (exact) mass is 196 g/mol. The van der Waals surface area contributed by atoms with Crippen molar-refractivity contribution in [3.05, 3.63) is 0 Å². The first-order valence-electron chi connectivity index (χ1n) is 5.46. The van der Waals surface area contributed by atoms with Gasteiger partial charge in [0, 0.05) is 19.5 Å². The molecule has 1 heterocycles. The Morgan fingerprint density at radius 3 is 2.57 bits per heavy atom. The molecule has 1 fully saturated rings. The van der Waals surface area contributed by atoms with Gasteiger partial charge in [-0.2, -0.15) is 5.26 Å². The number of unbranched alkanes of at least 4 members (excludes halogenated alkanes) is 2. The molecule has 0 radical (unpaired) electrons. The summed E-state index contributed by atoms with van der Waals surface area (Å²) in [4.78, 5) is 2.38. The zero-order chi connectivity index (χ0) is 10.4. The Balaban J connectivity index is 2.08. The molecule has 0 atom stereocenters. The van der Waals surface area contributed by atoms with Gasteiger partial charge >= 0.3 is 0 Å². The third kappa shape index (κ3) is 4.08. The van der Waals surface area contributed by atoms with Crippen LogP contribution in [0.1, 0.15) is 39.0 Å². The molecule has 0 aromatic rings. The Kier molecular flexibility index (Phi) is 4.37. The number of hydrogen-bond donors (Lipinski definition) is 1. The van der Waals surface area contributed by atoms with Crippen molar-refractivity contribution in [3.8, 4) is 6.07 Å². The van der Waals surface area contributed by atoms with Crippen molar-refractivity contribution in [2.45, 2.75) is 44.6 Å². The number of piperidine rings is 1. The fourth-order valence-electron chi connectivity index (χ4n) is 1.80. The van der Waals surface area contributed by atoms with Crippen LogP contribution < -0.4 is 0 Å². The first-order chi connectivity index (χ1) is 6.64. The summed E-state index contributed by atoms with van der Waals surface area (Å²) in [5.41, 5.74) is -0.441. The van der Waals surface area contributed by atoms with Crippen molar-refractivity contribution in [2.75, 3.05) is 19.6 Å². The molecule has 0 aliphatic carbocycles. The van der Waals surface area contributed by atoms with Gasteiger partial charge in [-0.05, 0) is 39.2 Å². The zero-order valence-electron chi connectivity index (χ0n) is 9.00. The lowest BCUT2D eigenvalue weighted by atomic mass is 9.94. The summed E-state index contributed by atoms with van der Waals surface area (Å²) in [6, 6.07) is 2.16. The Morgan fingerprint density at radius 2 is 2.00 bits per heavy atom. The molecule has 3 nitrogen and oxygen atoms in total. The van der Waals surface area contributed by atoms with E-state index >= 15 is 0 Å². The molecule has 0 saturated carbocycles. The second-order valence-electron chi connectivity index (χ2n) is 4.45. The number of aliphatic hydroxyl groups is 1. The van der Waals surface area contributed by atoms with Crippen molar-refractivity contribution in [1.82, 2.24) is 4.90 Å². The van der Waals surface area contributed by atoms with Gasteiger partial charge in [-0.15, -0.1) is 0 Å². The fourth-order valence-corrected chi connectivity index (χ4v) is 1.80. The highest BCUT2D eigenvalue weighted by Crippen LogP contribution is 2.21. The van der Waals surface area contributed by atoms with E-state index in [4.69, 9.17) is 5.26 Å². The maximum atomic E-state index is 9.73. The highest BCUT2D eigenvalue weighted by molar-refractivity contribution is 4.81. The van der Waals surface area contributed by atoms with Crippen LogP contribution in [-0.4, -0.2) is 35.2 Å². The minimum atomic E-state index is -0.441. The third-order valence-electron chi connectivity index (χ3n) is 2.95. The number of hydrogen-bond acceptors (Lipinski definition) is 3. The second kappa shape index (κ2) is 5.33. The fraction of sp³-hybridized carbons (Fsp3) is 0.909. The summed E-state index contributed by atoms with van der Waals surface area (Å²) >= 11 is 0. The van der Waals surface area contributed by atoms with Gasteiger partial charge in [0.15, 0.2) is 0 Å². The van der Waals surface area contributed by atoms with Crippen molar-refractivity contribution >= 4 is 0 Å². The summed E-state index contributed by atoms with van der Waals surface area (Å²) < 4.78 is 0. The average molecular weight is 196 g/mol. The molecule has 1 rings (SSSR count). The summed E-state index contributed by atoms with van der Waals surface area (Å²) in [7, 11) is 0. The normalized spacial score (nSPS) is 21.8. The summed E-state index contributed by atoms with van der Waals surface area (Å²) in [5.74, 6) is 0. The molecule has 14 heavy (non-hydrogen) atoms. The van der Waals surface area contributed by atoms with E-state index in [2.05, 4.69) is 11.0 Å². The smallest absolute Gasteiger partial charge is 0.0644 e. The van der Waals surface area contributed by atoms with Crippen LogP contribution in [0.25, 0.3) is 0 Å². The summed E-state index contributed by atoms with van der Waals surface area (Å²) in [5, 5.41) is 18.1. The van der Waals surface area contributed by atoms with Crippen molar-refractivity contribution in [1.29, 1.82) is 5.26 Å². The van der Waals surface area contributed by atoms with E-state index in [1.165, 1.54) is 0 Å². The summed E-state index contributed by atoms with van der Waals surface area (Å²) in [6.07, 6.45) is 4.54. The van der Waals surface area contributed by atoms with Gasteiger partial charge < -0.3 is 10.0 Å². The molecule has 80 valence electrons. The number of nitrogens with zero attached hydrogens (tertiary/aromatic N) is 2. The molecule has 1 aliphatic heterocycles. The van der Waals surface area contributed by atoms with Crippen LogP contribution in [0.15, 0.2) is 0 Å². The molecule has 1 aliphatic rings. The predicted molar refractivity (Wildman–Crippen MR) is 55.8 cm³/mol. The van der Waals surface area contributed by atoms with Crippen LogP contribution in [0.4, 0.5) is 0 Å². The molecular formula is C11H20N2O. The molecule has 3 heteroatoms. The molecule has 0 spiro atoms. The van der Waals surface area contributed by atoms with E-state index in [1.807, 2.05) is 6.92 Å². The van der Waals surface area contributed by atoms with E-state index in [9.17, 15) is 5.11 Å². The van der Waals surface area contributed by atoms with E-state index in [1.54, 1.807) is 0 Å². The van der Waals surface area contributed by atoms with Crippen molar-refractivity contribution < 1.29 is 5.11 Å². The Hall–Kier alpha value is -0.590. The lowest BCUT2D eigenvalue weighted by molar-refractivity contribution is -0.00549. The van der Waals surface area contributed by atoms with E-state index in [-0.39, 0.29) is 0 Å². The maximum Gasteiger partial charge on any atom is 0.0644 e. The molecule has 0 aromatic carbocycles. The standard InChI is InChI=1S/C11H20N2O/c1-11(14)5-9-13(10-6-11)8-4-2-3-7-12/h14H,2-6,8-10H2,1H3. The van der Waals surface area contributed by atoms with Gasteiger partial charge in [0.05, 0.1) is 11.7 Å². The molecule has 0 bridgehead atoms. The Labute approximate surface area is 86.3 Å². The molecular weight excluding hydrogens is 176 g/mol. The second-order valence-corrected chi connectivity index (χ2v) is 4.45. The zero-order valence-corrected chi connectivity index (χ0v) is 9.00. The van der Waals surface area contributed by atoms with Crippen LogP contribution >= 0.6 is 0 Å². The van der Waals surface area contributed by atoms with Gasteiger partial charge in [0.2, 0.25) is 0 Å². The first kappa shape index (κ1) is 11.5. The predicted octanol–water partition coefficient (Wildman–Crippen LogP) is 1.53. The van der Waals surface area contributed by atoms with E-state index < -0.39 is 5.60 Å². The van der Waals surface area contributed by atoms with E-state index in [0.29, 0.717) is 6.42 Å². The number of nitriles is 1. The highest BCUT2D eigenvalue weighted by Gasteiger charge is 2.26. The minimum Gasteiger partial charge on any atom is -0.390 e. The SMILES string of the molecule is CC1(O)CCN(CCCCC#N)CC1. The quantitative estimate of drug-likeness (QED) is 0.694. The molecule has 1 N–H and O–H groups in total. The average Bonchev–Trinajstić information content (AvgIpc) is 2.15. The largest absolute Gasteiger partial charge is 0.390 e. The van der Waals surface area contributed by atoms with Gasteiger partial charge in [-0.25, -0.2) is 0 Å². The molecule has 0 unspecified atom stereocenters. The molecule has 0 amide bonds. The van der Waals surface area contributed by atoms with Crippen LogP contribution in [-0.2, 0) is 0 Å². The lowest BCUT2D eigenvalue weighted by Gasteiger charge is -2.35. The van der Waals surface area contributed by atoms with Crippen LogP contribution in [0, 0.1) is 11.3 Å². The van der Waals surface area contributed by atoms with Crippen molar-refractivity contribution in [2.24, 2.45) is 0 Å². The Bertz CT molecular complexity index is 198. The van der Waals surface area contributed by atoms with Crippen LogP contribution in [0.2, 0.25) is 0 Å². The van der Waals surface area contributed by atoms with Gasteiger partial charge in [0.1, 0.15) is 0 Å². The molecule has 0 aromatic heterocycles. The van der Waals surface area contributed by atoms with Gasteiger partial charge in [-0.3, -0.25) is 0 Å².